The van der Waals surface area contributed by atoms with Gasteiger partial charge in [0, 0.05) is 24.7 Å². The van der Waals surface area contributed by atoms with Gasteiger partial charge in [-0.05, 0) is 30.5 Å². The molecule has 2 N–H and O–H groups in total. The van der Waals surface area contributed by atoms with Gasteiger partial charge in [0.15, 0.2) is 0 Å². The van der Waals surface area contributed by atoms with E-state index in [0.717, 1.165) is 18.4 Å². The standard InChI is InChI=1S/C17H24FNO2/c1-3-17(4-2)19(9-11-21)13-15-7-8-16(18)12-14(15)6-5-10-20/h7-8,12,17,20-21H,3-4,9-11,13H2,1-2H3. The number of hydrogen-bond acceptors (Lipinski definition) is 3. The molecule has 0 unspecified atom stereocenters. The van der Waals surface area contributed by atoms with E-state index in [4.69, 9.17) is 5.11 Å². The van der Waals surface area contributed by atoms with Crippen LogP contribution in [-0.4, -0.2) is 40.9 Å². The zero-order valence-electron chi connectivity index (χ0n) is 12.8. The minimum atomic E-state index is -0.336. The summed E-state index contributed by atoms with van der Waals surface area (Å²) in [5.74, 6) is 5.03. The summed E-state index contributed by atoms with van der Waals surface area (Å²) in [6.45, 7) is 5.28. The Morgan fingerprint density at radius 3 is 2.52 bits per heavy atom. The Morgan fingerprint density at radius 1 is 1.24 bits per heavy atom. The van der Waals surface area contributed by atoms with Crippen LogP contribution in [0.1, 0.15) is 37.8 Å². The number of halogens is 1. The van der Waals surface area contributed by atoms with Crippen molar-refractivity contribution in [2.24, 2.45) is 0 Å². The van der Waals surface area contributed by atoms with Gasteiger partial charge in [-0.15, -0.1) is 0 Å². The lowest BCUT2D eigenvalue weighted by Gasteiger charge is -2.30. The number of hydrogen-bond donors (Lipinski definition) is 2. The van der Waals surface area contributed by atoms with Gasteiger partial charge in [-0.25, -0.2) is 4.39 Å². The summed E-state index contributed by atoms with van der Waals surface area (Å²) in [5.41, 5.74) is 1.51. The fourth-order valence-corrected chi connectivity index (χ4v) is 2.48. The first-order valence-corrected chi connectivity index (χ1v) is 7.39. The minimum Gasteiger partial charge on any atom is -0.395 e. The van der Waals surface area contributed by atoms with Gasteiger partial charge in [-0.2, -0.15) is 0 Å². The normalized spacial score (nSPS) is 10.8. The van der Waals surface area contributed by atoms with Crippen molar-refractivity contribution in [3.05, 3.63) is 35.1 Å². The predicted octanol–water partition coefficient (Wildman–Crippen LogP) is 2.15. The Balaban J connectivity index is 3.02. The Morgan fingerprint density at radius 2 is 1.95 bits per heavy atom. The van der Waals surface area contributed by atoms with Crippen molar-refractivity contribution in [1.82, 2.24) is 4.90 Å². The summed E-state index contributed by atoms with van der Waals surface area (Å²) >= 11 is 0. The van der Waals surface area contributed by atoms with Crippen LogP contribution in [0.2, 0.25) is 0 Å². The maximum Gasteiger partial charge on any atom is 0.124 e. The van der Waals surface area contributed by atoms with E-state index in [9.17, 15) is 9.50 Å². The molecule has 0 atom stereocenters. The molecule has 116 valence electrons. The lowest BCUT2D eigenvalue weighted by molar-refractivity contribution is 0.136. The average molecular weight is 293 g/mol. The molecule has 0 saturated carbocycles. The van der Waals surface area contributed by atoms with Gasteiger partial charge in [0.05, 0.1) is 6.61 Å². The first-order chi connectivity index (χ1) is 10.2. The van der Waals surface area contributed by atoms with Crippen LogP contribution in [0.5, 0.6) is 0 Å². The second-order valence-electron chi connectivity index (χ2n) is 4.93. The van der Waals surface area contributed by atoms with Crippen molar-refractivity contribution in [2.75, 3.05) is 19.8 Å². The molecule has 0 radical (unpaired) electrons. The minimum absolute atomic E-state index is 0.0926. The van der Waals surface area contributed by atoms with E-state index in [1.165, 1.54) is 12.1 Å². The number of aliphatic hydroxyl groups excluding tert-OH is 2. The predicted molar refractivity (Wildman–Crippen MR) is 82.2 cm³/mol. The molecule has 0 aliphatic rings. The van der Waals surface area contributed by atoms with Gasteiger partial charge in [0.2, 0.25) is 0 Å². The van der Waals surface area contributed by atoms with Gasteiger partial charge < -0.3 is 10.2 Å². The molecular formula is C17H24FNO2. The fraction of sp³-hybridized carbons (Fsp3) is 0.529. The summed E-state index contributed by atoms with van der Waals surface area (Å²) in [5, 5.41) is 18.1. The van der Waals surface area contributed by atoms with Gasteiger partial charge in [0.25, 0.3) is 0 Å². The highest BCUT2D eigenvalue weighted by Gasteiger charge is 2.16. The van der Waals surface area contributed by atoms with Crippen molar-refractivity contribution < 1.29 is 14.6 Å². The molecular weight excluding hydrogens is 269 g/mol. The molecule has 1 aromatic rings. The summed E-state index contributed by atoms with van der Waals surface area (Å²) in [4.78, 5) is 2.19. The van der Waals surface area contributed by atoms with E-state index in [0.29, 0.717) is 24.7 Å². The van der Waals surface area contributed by atoms with E-state index in [-0.39, 0.29) is 19.0 Å². The molecule has 0 amide bonds. The van der Waals surface area contributed by atoms with Crippen molar-refractivity contribution >= 4 is 0 Å². The Labute approximate surface area is 126 Å². The van der Waals surface area contributed by atoms with Crippen molar-refractivity contribution in [3.8, 4) is 11.8 Å². The average Bonchev–Trinajstić information content (AvgIpc) is 2.48. The van der Waals surface area contributed by atoms with E-state index < -0.39 is 0 Å². The monoisotopic (exact) mass is 293 g/mol. The third kappa shape index (κ3) is 5.47. The first-order valence-electron chi connectivity index (χ1n) is 7.39. The van der Waals surface area contributed by atoms with E-state index in [1.807, 2.05) is 0 Å². The van der Waals surface area contributed by atoms with Crippen molar-refractivity contribution in [2.45, 2.75) is 39.3 Å². The lowest BCUT2D eigenvalue weighted by atomic mass is 10.0. The van der Waals surface area contributed by atoms with E-state index >= 15 is 0 Å². The van der Waals surface area contributed by atoms with Crippen LogP contribution < -0.4 is 0 Å². The molecule has 1 aromatic carbocycles. The topological polar surface area (TPSA) is 43.7 Å². The first kappa shape index (κ1) is 17.6. The van der Waals surface area contributed by atoms with Gasteiger partial charge in [-0.3, -0.25) is 4.90 Å². The highest BCUT2D eigenvalue weighted by molar-refractivity contribution is 5.41. The Bertz CT molecular complexity index is 489. The molecule has 0 spiro atoms. The van der Waals surface area contributed by atoms with Gasteiger partial charge in [-0.1, -0.05) is 31.8 Å². The summed E-state index contributed by atoms with van der Waals surface area (Å²) in [6.07, 6.45) is 1.99. The molecule has 21 heavy (non-hydrogen) atoms. The Hall–Kier alpha value is -1.41. The molecule has 4 heteroatoms. The van der Waals surface area contributed by atoms with Crippen LogP contribution in [0.15, 0.2) is 18.2 Å². The van der Waals surface area contributed by atoms with Gasteiger partial charge >= 0.3 is 0 Å². The molecule has 0 bridgehead atoms. The van der Waals surface area contributed by atoms with Crippen LogP contribution in [-0.2, 0) is 6.54 Å². The molecule has 0 aliphatic heterocycles. The molecule has 0 heterocycles. The number of rotatable bonds is 7. The zero-order chi connectivity index (χ0) is 15.7. The molecule has 0 saturated heterocycles. The Kier molecular flexibility index (Phi) is 7.99. The quantitative estimate of drug-likeness (QED) is 0.757. The maximum absolute atomic E-state index is 13.4. The molecule has 0 fully saturated rings. The second kappa shape index (κ2) is 9.51. The molecule has 0 aromatic heterocycles. The van der Waals surface area contributed by atoms with E-state index in [1.54, 1.807) is 6.07 Å². The van der Waals surface area contributed by atoms with Crippen LogP contribution >= 0.6 is 0 Å². The summed E-state index contributed by atoms with van der Waals surface area (Å²) in [7, 11) is 0. The number of nitrogens with zero attached hydrogens (tertiary/aromatic N) is 1. The van der Waals surface area contributed by atoms with Crippen LogP contribution in [0.3, 0.4) is 0 Å². The number of aliphatic hydroxyl groups is 2. The van der Waals surface area contributed by atoms with Crippen LogP contribution in [0.4, 0.5) is 4.39 Å². The molecule has 0 aliphatic carbocycles. The van der Waals surface area contributed by atoms with E-state index in [2.05, 4.69) is 30.6 Å². The molecule has 3 nitrogen and oxygen atoms in total. The lowest BCUT2D eigenvalue weighted by Crippen LogP contribution is -2.36. The fourth-order valence-electron chi connectivity index (χ4n) is 2.48. The molecule has 1 rings (SSSR count). The summed E-state index contributed by atoms with van der Waals surface area (Å²) in [6, 6.07) is 4.91. The zero-order valence-corrected chi connectivity index (χ0v) is 12.8. The highest BCUT2D eigenvalue weighted by atomic mass is 19.1. The third-order valence-corrected chi connectivity index (χ3v) is 3.59. The largest absolute Gasteiger partial charge is 0.395 e. The SMILES string of the molecule is CCC(CC)N(CCO)Cc1ccc(F)cc1C#CCO. The van der Waals surface area contributed by atoms with Crippen LogP contribution in [0, 0.1) is 17.7 Å². The maximum atomic E-state index is 13.4. The third-order valence-electron chi connectivity index (χ3n) is 3.59. The number of benzene rings is 1. The second-order valence-corrected chi connectivity index (χ2v) is 4.93. The van der Waals surface area contributed by atoms with Crippen molar-refractivity contribution in [3.63, 3.8) is 0 Å². The smallest absolute Gasteiger partial charge is 0.124 e. The van der Waals surface area contributed by atoms with Gasteiger partial charge in [0.1, 0.15) is 12.4 Å². The van der Waals surface area contributed by atoms with Crippen molar-refractivity contribution in [1.29, 1.82) is 0 Å². The van der Waals surface area contributed by atoms with Crippen LogP contribution in [0.25, 0.3) is 0 Å². The summed E-state index contributed by atoms with van der Waals surface area (Å²) < 4.78 is 13.4. The highest BCUT2D eigenvalue weighted by Crippen LogP contribution is 2.17.